The van der Waals surface area contributed by atoms with E-state index in [9.17, 15) is 0 Å². The molecule has 0 aliphatic carbocycles. The highest BCUT2D eigenvalue weighted by Crippen LogP contribution is 2.22. The Kier molecular flexibility index (Phi) is 3.77. The fourth-order valence-corrected chi connectivity index (χ4v) is 3.30. The number of nitrogens with zero attached hydrogens (tertiary/aromatic N) is 1. The minimum absolute atomic E-state index is 0.854. The highest BCUT2D eigenvalue weighted by Gasteiger charge is 2.01. The molecule has 0 saturated heterocycles. The van der Waals surface area contributed by atoms with Gasteiger partial charge in [-0.1, -0.05) is 6.92 Å². The fourth-order valence-electron chi connectivity index (χ4n) is 1.16. The number of thiazole rings is 1. The van der Waals surface area contributed by atoms with Crippen molar-refractivity contribution in [2.24, 2.45) is 0 Å². The van der Waals surface area contributed by atoms with E-state index in [0.717, 1.165) is 22.6 Å². The van der Waals surface area contributed by atoms with E-state index >= 15 is 0 Å². The summed E-state index contributed by atoms with van der Waals surface area (Å²) in [5, 5.41) is 6.43. The monoisotopic (exact) mass is 302 g/mol. The second kappa shape index (κ2) is 5.09. The highest BCUT2D eigenvalue weighted by atomic mass is 79.9. The third kappa shape index (κ3) is 3.03. The Morgan fingerprint density at radius 3 is 2.93 bits per heavy atom. The van der Waals surface area contributed by atoms with Gasteiger partial charge < -0.3 is 5.32 Å². The van der Waals surface area contributed by atoms with Crippen molar-refractivity contribution in [3.8, 4) is 0 Å². The molecule has 0 unspecified atom stereocenters. The van der Waals surface area contributed by atoms with Gasteiger partial charge >= 0.3 is 0 Å². The molecule has 1 N–H and O–H groups in total. The number of hydrogen-bond donors (Lipinski definition) is 1. The van der Waals surface area contributed by atoms with Gasteiger partial charge in [-0.25, -0.2) is 4.98 Å². The maximum absolute atomic E-state index is 4.31. The lowest BCUT2D eigenvalue weighted by Crippen LogP contribution is -1.95. The normalized spacial score (nSPS) is 10.5. The van der Waals surface area contributed by atoms with Gasteiger partial charge in [-0.05, 0) is 28.4 Å². The zero-order chi connectivity index (χ0) is 10.7. The molecule has 2 heterocycles. The summed E-state index contributed by atoms with van der Waals surface area (Å²) in [6, 6.07) is 2.13. The number of aryl methyl sites for hydroxylation is 1. The Labute approximate surface area is 106 Å². The van der Waals surface area contributed by atoms with Crippen molar-refractivity contribution >= 4 is 43.7 Å². The first-order chi connectivity index (χ1) is 7.28. The van der Waals surface area contributed by atoms with Crippen LogP contribution in [0.3, 0.4) is 0 Å². The molecule has 0 aliphatic rings. The van der Waals surface area contributed by atoms with Crippen molar-refractivity contribution < 1.29 is 0 Å². The molecule has 0 saturated carbocycles. The molecule has 0 fully saturated rings. The molecule has 0 amide bonds. The molecular formula is C10H11BrN2S2. The zero-order valence-corrected chi connectivity index (χ0v) is 11.5. The third-order valence-corrected chi connectivity index (χ3v) is 4.73. The van der Waals surface area contributed by atoms with Crippen LogP contribution in [0.15, 0.2) is 22.1 Å². The standard InChI is InChI=1S/C10H11BrN2S2/c1-2-8-4-12-10(15-8)13-5-9-3-7(11)6-14-9/h3-4,6H,2,5H2,1H3,(H,12,13). The quantitative estimate of drug-likeness (QED) is 0.918. The van der Waals surface area contributed by atoms with E-state index in [1.807, 2.05) is 6.20 Å². The molecule has 0 aliphatic heterocycles. The van der Waals surface area contributed by atoms with Crippen LogP contribution >= 0.6 is 38.6 Å². The van der Waals surface area contributed by atoms with Crippen LogP contribution in [0.4, 0.5) is 5.13 Å². The molecule has 15 heavy (non-hydrogen) atoms. The summed E-state index contributed by atoms with van der Waals surface area (Å²) in [4.78, 5) is 6.95. The first kappa shape index (κ1) is 11.1. The lowest BCUT2D eigenvalue weighted by molar-refractivity contribution is 1.15. The Hall–Kier alpha value is -0.390. The number of aromatic nitrogens is 1. The Bertz CT molecular complexity index is 436. The Morgan fingerprint density at radius 2 is 2.33 bits per heavy atom. The smallest absolute Gasteiger partial charge is 0.183 e. The van der Waals surface area contributed by atoms with E-state index in [2.05, 4.69) is 44.6 Å². The van der Waals surface area contributed by atoms with Crippen LogP contribution < -0.4 is 5.32 Å². The number of rotatable bonds is 4. The summed E-state index contributed by atoms with van der Waals surface area (Å²) in [5.41, 5.74) is 0. The SMILES string of the molecule is CCc1cnc(NCc2cc(Br)cs2)s1. The van der Waals surface area contributed by atoms with Crippen LogP contribution in [-0.4, -0.2) is 4.98 Å². The van der Waals surface area contributed by atoms with Gasteiger partial charge in [-0.3, -0.25) is 0 Å². The molecule has 2 aromatic heterocycles. The van der Waals surface area contributed by atoms with Crippen LogP contribution in [0.5, 0.6) is 0 Å². The van der Waals surface area contributed by atoms with Crippen molar-refractivity contribution in [3.63, 3.8) is 0 Å². The molecule has 0 aromatic carbocycles. The molecule has 2 nitrogen and oxygen atoms in total. The van der Waals surface area contributed by atoms with E-state index < -0.39 is 0 Å². The lowest BCUT2D eigenvalue weighted by Gasteiger charge is -1.98. The third-order valence-electron chi connectivity index (χ3n) is 1.94. The minimum Gasteiger partial charge on any atom is -0.357 e. The average Bonchev–Trinajstić information content (AvgIpc) is 2.83. The molecule has 5 heteroatoms. The van der Waals surface area contributed by atoms with Crippen LogP contribution in [0.25, 0.3) is 0 Å². The van der Waals surface area contributed by atoms with Crippen molar-refractivity contribution in [1.82, 2.24) is 4.98 Å². The van der Waals surface area contributed by atoms with Crippen LogP contribution in [-0.2, 0) is 13.0 Å². The molecule has 2 rings (SSSR count). The Morgan fingerprint density at radius 1 is 1.47 bits per heavy atom. The maximum atomic E-state index is 4.31. The van der Waals surface area contributed by atoms with Gasteiger partial charge in [0.05, 0.1) is 6.54 Å². The van der Waals surface area contributed by atoms with Crippen LogP contribution in [0, 0.1) is 0 Å². The summed E-state index contributed by atoms with van der Waals surface area (Å²) < 4.78 is 1.15. The van der Waals surface area contributed by atoms with E-state index in [-0.39, 0.29) is 0 Å². The van der Waals surface area contributed by atoms with Crippen molar-refractivity contribution in [3.05, 3.63) is 31.9 Å². The predicted molar refractivity (Wildman–Crippen MR) is 70.8 cm³/mol. The average molecular weight is 303 g/mol. The lowest BCUT2D eigenvalue weighted by atomic mass is 10.4. The van der Waals surface area contributed by atoms with Gasteiger partial charge in [0.1, 0.15) is 0 Å². The maximum Gasteiger partial charge on any atom is 0.183 e. The highest BCUT2D eigenvalue weighted by molar-refractivity contribution is 9.10. The first-order valence-corrected chi connectivity index (χ1v) is 7.18. The number of anilines is 1. The summed E-state index contributed by atoms with van der Waals surface area (Å²) in [5.74, 6) is 0. The van der Waals surface area contributed by atoms with E-state index in [1.54, 1.807) is 22.7 Å². The predicted octanol–water partition coefficient (Wildman–Crippen LogP) is 4.14. The molecule has 0 bridgehead atoms. The van der Waals surface area contributed by atoms with Crippen molar-refractivity contribution in [2.75, 3.05) is 5.32 Å². The number of halogens is 1. The molecule has 80 valence electrons. The van der Waals surface area contributed by atoms with E-state index in [1.165, 1.54) is 9.75 Å². The fraction of sp³-hybridized carbons (Fsp3) is 0.300. The van der Waals surface area contributed by atoms with Gasteiger partial charge in [0.2, 0.25) is 0 Å². The Balaban J connectivity index is 1.93. The van der Waals surface area contributed by atoms with Crippen LogP contribution in [0.2, 0.25) is 0 Å². The topological polar surface area (TPSA) is 24.9 Å². The molecule has 2 aromatic rings. The van der Waals surface area contributed by atoms with Crippen LogP contribution in [0.1, 0.15) is 16.7 Å². The minimum atomic E-state index is 0.854. The number of nitrogens with one attached hydrogen (secondary N) is 1. The summed E-state index contributed by atoms with van der Waals surface area (Å²) in [6.07, 6.45) is 3.00. The summed E-state index contributed by atoms with van der Waals surface area (Å²) >= 11 is 6.92. The van der Waals surface area contributed by atoms with Gasteiger partial charge in [0, 0.05) is 25.8 Å². The number of thiophene rings is 1. The molecule has 0 radical (unpaired) electrons. The zero-order valence-electron chi connectivity index (χ0n) is 8.29. The van der Waals surface area contributed by atoms with Crippen molar-refractivity contribution in [1.29, 1.82) is 0 Å². The second-order valence-electron chi connectivity index (χ2n) is 3.07. The summed E-state index contributed by atoms with van der Waals surface area (Å²) in [6.45, 7) is 3.00. The van der Waals surface area contributed by atoms with Gasteiger partial charge in [0.25, 0.3) is 0 Å². The van der Waals surface area contributed by atoms with Gasteiger partial charge in [-0.15, -0.1) is 22.7 Å². The largest absolute Gasteiger partial charge is 0.357 e. The molecule has 0 spiro atoms. The van der Waals surface area contributed by atoms with Gasteiger partial charge in [0.15, 0.2) is 5.13 Å². The van der Waals surface area contributed by atoms with Crippen molar-refractivity contribution in [2.45, 2.75) is 19.9 Å². The number of hydrogen-bond acceptors (Lipinski definition) is 4. The van der Waals surface area contributed by atoms with E-state index in [0.29, 0.717) is 0 Å². The molecule has 0 atom stereocenters. The summed E-state index contributed by atoms with van der Waals surface area (Å²) in [7, 11) is 0. The first-order valence-electron chi connectivity index (χ1n) is 4.69. The van der Waals surface area contributed by atoms with Gasteiger partial charge in [-0.2, -0.15) is 0 Å². The molecular weight excluding hydrogens is 292 g/mol. The van der Waals surface area contributed by atoms with E-state index in [4.69, 9.17) is 0 Å². The second-order valence-corrected chi connectivity index (χ2v) is 6.10.